The molecule has 0 saturated heterocycles. The molecule has 2 heterocycles. The Bertz CT molecular complexity index is 803. The maximum Gasteiger partial charge on any atom is 0.291 e. The quantitative estimate of drug-likeness (QED) is 0.782. The van der Waals surface area contributed by atoms with Crippen LogP contribution >= 0.6 is 0 Å². The van der Waals surface area contributed by atoms with Gasteiger partial charge in [0.25, 0.3) is 5.91 Å². The number of aryl methyl sites for hydroxylation is 2. The molecular weight excluding hydrogens is 290 g/mol. The first-order valence-electron chi connectivity index (χ1n) is 7.62. The lowest BCUT2D eigenvalue weighted by atomic mass is 10.2. The van der Waals surface area contributed by atoms with Gasteiger partial charge in [-0.3, -0.25) is 9.48 Å². The van der Waals surface area contributed by atoms with Gasteiger partial charge in [-0.2, -0.15) is 5.10 Å². The number of carbonyl (C=O) groups is 1. The number of carbonyl (C=O) groups excluding carboxylic acids is 1. The monoisotopic (exact) mass is 309 g/mol. The van der Waals surface area contributed by atoms with Crippen molar-refractivity contribution in [2.75, 3.05) is 5.32 Å². The van der Waals surface area contributed by atoms with Crippen LogP contribution in [0, 0.1) is 6.92 Å². The number of furan rings is 1. The largest absolute Gasteiger partial charge is 0.456 e. The molecule has 5 heteroatoms. The van der Waals surface area contributed by atoms with Gasteiger partial charge >= 0.3 is 0 Å². The van der Waals surface area contributed by atoms with Crippen LogP contribution < -0.4 is 5.32 Å². The molecule has 0 aliphatic carbocycles. The van der Waals surface area contributed by atoms with Crippen molar-refractivity contribution in [2.45, 2.75) is 26.8 Å². The number of nitrogens with zero attached hydrogens (tertiary/aromatic N) is 2. The van der Waals surface area contributed by atoms with Crippen LogP contribution in [0.5, 0.6) is 0 Å². The molecule has 5 nitrogen and oxygen atoms in total. The number of rotatable bonds is 5. The van der Waals surface area contributed by atoms with E-state index in [0.717, 1.165) is 23.3 Å². The van der Waals surface area contributed by atoms with Crippen molar-refractivity contribution in [1.82, 2.24) is 9.78 Å². The molecule has 1 amide bonds. The second kappa shape index (κ2) is 6.52. The van der Waals surface area contributed by atoms with Gasteiger partial charge in [0.05, 0.1) is 18.4 Å². The third kappa shape index (κ3) is 3.51. The SMILES string of the molecule is CCc1oc(C(=O)Nc2cnn(Cc3ccccc3)c2)cc1C. The first-order chi connectivity index (χ1) is 11.2. The Morgan fingerprint density at radius 2 is 2.09 bits per heavy atom. The van der Waals surface area contributed by atoms with Crippen LogP contribution in [0.4, 0.5) is 5.69 Å². The van der Waals surface area contributed by atoms with Gasteiger partial charge in [-0.1, -0.05) is 37.3 Å². The second-order valence-electron chi connectivity index (χ2n) is 5.44. The molecular formula is C18H19N3O2. The molecule has 2 aromatic heterocycles. The third-order valence-electron chi connectivity index (χ3n) is 3.64. The Hall–Kier alpha value is -2.82. The lowest BCUT2D eigenvalue weighted by Crippen LogP contribution is -2.10. The number of amides is 1. The summed E-state index contributed by atoms with van der Waals surface area (Å²) >= 11 is 0. The minimum atomic E-state index is -0.257. The topological polar surface area (TPSA) is 60.1 Å². The number of hydrogen-bond donors (Lipinski definition) is 1. The van der Waals surface area contributed by atoms with Crippen LogP contribution in [0.2, 0.25) is 0 Å². The minimum Gasteiger partial charge on any atom is -0.456 e. The average molecular weight is 309 g/mol. The van der Waals surface area contributed by atoms with Gasteiger partial charge in [-0.25, -0.2) is 0 Å². The minimum absolute atomic E-state index is 0.257. The molecule has 3 aromatic rings. The predicted octanol–water partition coefficient (Wildman–Crippen LogP) is 3.65. The molecule has 3 rings (SSSR count). The number of nitrogens with one attached hydrogen (secondary N) is 1. The van der Waals surface area contributed by atoms with E-state index in [0.29, 0.717) is 18.0 Å². The summed E-state index contributed by atoms with van der Waals surface area (Å²) in [5, 5.41) is 7.08. The summed E-state index contributed by atoms with van der Waals surface area (Å²) in [7, 11) is 0. The molecule has 0 unspecified atom stereocenters. The van der Waals surface area contributed by atoms with E-state index >= 15 is 0 Å². The van der Waals surface area contributed by atoms with E-state index in [4.69, 9.17) is 4.42 Å². The number of anilines is 1. The van der Waals surface area contributed by atoms with Crippen molar-refractivity contribution in [3.63, 3.8) is 0 Å². The lowest BCUT2D eigenvalue weighted by Gasteiger charge is -2.01. The molecule has 23 heavy (non-hydrogen) atoms. The van der Waals surface area contributed by atoms with Crippen LogP contribution in [0.3, 0.4) is 0 Å². The predicted molar refractivity (Wildman–Crippen MR) is 88.5 cm³/mol. The highest BCUT2D eigenvalue weighted by Crippen LogP contribution is 2.17. The molecule has 0 saturated carbocycles. The highest BCUT2D eigenvalue weighted by Gasteiger charge is 2.14. The first kappa shape index (κ1) is 15.1. The summed E-state index contributed by atoms with van der Waals surface area (Å²) in [6, 6.07) is 11.8. The van der Waals surface area contributed by atoms with Crippen LogP contribution in [-0.2, 0) is 13.0 Å². The maximum atomic E-state index is 12.2. The average Bonchev–Trinajstić information content (AvgIpc) is 3.14. The Kier molecular flexibility index (Phi) is 4.28. The molecule has 0 fully saturated rings. The van der Waals surface area contributed by atoms with Crippen LogP contribution in [-0.4, -0.2) is 15.7 Å². The standard InChI is InChI=1S/C18H19N3O2/c1-3-16-13(2)9-17(23-16)18(22)20-15-10-19-21(12-15)11-14-7-5-4-6-8-14/h4-10,12H,3,11H2,1-2H3,(H,20,22). The molecule has 0 spiro atoms. The molecule has 118 valence electrons. The summed E-state index contributed by atoms with van der Waals surface area (Å²) in [4.78, 5) is 12.2. The summed E-state index contributed by atoms with van der Waals surface area (Å²) < 4.78 is 7.35. The molecule has 0 radical (unpaired) electrons. The summed E-state index contributed by atoms with van der Waals surface area (Å²) in [5.74, 6) is 0.914. The Morgan fingerprint density at radius 3 is 2.78 bits per heavy atom. The third-order valence-corrected chi connectivity index (χ3v) is 3.64. The molecule has 1 N–H and O–H groups in total. The fourth-order valence-electron chi connectivity index (χ4n) is 2.46. The maximum absolute atomic E-state index is 12.2. The van der Waals surface area contributed by atoms with E-state index in [1.807, 2.05) is 44.2 Å². The summed E-state index contributed by atoms with van der Waals surface area (Å²) in [5.41, 5.74) is 2.80. The van der Waals surface area contributed by atoms with Gasteiger partial charge in [0.1, 0.15) is 5.76 Å². The van der Waals surface area contributed by atoms with Crippen molar-refractivity contribution in [3.8, 4) is 0 Å². The van der Waals surface area contributed by atoms with Crippen molar-refractivity contribution in [2.24, 2.45) is 0 Å². The highest BCUT2D eigenvalue weighted by atomic mass is 16.4. The lowest BCUT2D eigenvalue weighted by molar-refractivity contribution is 0.0995. The van der Waals surface area contributed by atoms with E-state index in [2.05, 4.69) is 10.4 Å². The molecule has 0 aliphatic rings. The molecule has 0 bridgehead atoms. The van der Waals surface area contributed by atoms with Crippen LogP contribution in [0.25, 0.3) is 0 Å². The van der Waals surface area contributed by atoms with E-state index < -0.39 is 0 Å². The van der Waals surface area contributed by atoms with E-state index in [1.165, 1.54) is 0 Å². The fraction of sp³-hybridized carbons (Fsp3) is 0.222. The Balaban J connectivity index is 1.67. The molecule has 0 aliphatic heterocycles. The van der Waals surface area contributed by atoms with Gasteiger partial charge < -0.3 is 9.73 Å². The van der Waals surface area contributed by atoms with Crippen LogP contribution in [0.1, 0.15) is 34.4 Å². The zero-order valence-electron chi connectivity index (χ0n) is 13.2. The van der Waals surface area contributed by atoms with Gasteiger partial charge in [0, 0.05) is 12.6 Å². The van der Waals surface area contributed by atoms with Gasteiger partial charge in [-0.05, 0) is 24.1 Å². The van der Waals surface area contributed by atoms with Crippen LogP contribution in [0.15, 0.2) is 53.2 Å². The molecule has 0 atom stereocenters. The second-order valence-corrected chi connectivity index (χ2v) is 5.44. The first-order valence-corrected chi connectivity index (χ1v) is 7.62. The van der Waals surface area contributed by atoms with Gasteiger partial charge in [-0.15, -0.1) is 0 Å². The van der Waals surface area contributed by atoms with Gasteiger partial charge in [0.2, 0.25) is 0 Å². The number of aromatic nitrogens is 2. The van der Waals surface area contributed by atoms with E-state index in [-0.39, 0.29) is 5.91 Å². The Labute approximate surface area is 134 Å². The van der Waals surface area contributed by atoms with Crippen molar-refractivity contribution >= 4 is 11.6 Å². The normalized spacial score (nSPS) is 10.7. The van der Waals surface area contributed by atoms with Gasteiger partial charge in [0.15, 0.2) is 5.76 Å². The zero-order valence-corrected chi connectivity index (χ0v) is 13.2. The fourth-order valence-corrected chi connectivity index (χ4v) is 2.46. The summed E-state index contributed by atoms with van der Waals surface area (Å²) in [6.45, 7) is 4.61. The van der Waals surface area contributed by atoms with E-state index in [1.54, 1.807) is 23.1 Å². The molecule has 1 aromatic carbocycles. The zero-order chi connectivity index (χ0) is 16.2. The van der Waals surface area contributed by atoms with Crippen molar-refractivity contribution in [1.29, 1.82) is 0 Å². The number of benzene rings is 1. The van der Waals surface area contributed by atoms with Crippen molar-refractivity contribution in [3.05, 3.63) is 71.4 Å². The Morgan fingerprint density at radius 1 is 1.30 bits per heavy atom. The summed E-state index contributed by atoms with van der Waals surface area (Å²) in [6.07, 6.45) is 4.22. The smallest absolute Gasteiger partial charge is 0.291 e. The van der Waals surface area contributed by atoms with E-state index in [9.17, 15) is 4.79 Å². The highest BCUT2D eigenvalue weighted by molar-refractivity contribution is 6.02. The number of hydrogen-bond acceptors (Lipinski definition) is 3. The van der Waals surface area contributed by atoms with Crippen molar-refractivity contribution < 1.29 is 9.21 Å².